The van der Waals surface area contributed by atoms with Gasteiger partial charge >= 0.3 is 6.18 Å². The number of alkyl halides is 3. The van der Waals surface area contributed by atoms with Crippen LogP contribution in [0, 0.1) is 5.41 Å². The van der Waals surface area contributed by atoms with Gasteiger partial charge in [0.25, 0.3) is 0 Å². The summed E-state index contributed by atoms with van der Waals surface area (Å²) < 4.78 is 46.7. The predicted octanol–water partition coefficient (Wildman–Crippen LogP) is 3.28. The molecule has 1 aromatic carbocycles. The molecule has 0 radical (unpaired) electrons. The molecule has 0 spiro atoms. The van der Waals surface area contributed by atoms with Crippen molar-refractivity contribution in [3.8, 4) is 11.5 Å². The van der Waals surface area contributed by atoms with Crippen LogP contribution in [-0.2, 0) is 6.54 Å². The number of halogens is 3. The van der Waals surface area contributed by atoms with Crippen LogP contribution in [-0.4, -0.2) is 37.6 Å². The van der Waals surface area contributed by atoms with Crippen LogP contribution in [0.1, 0.15) is 31.7 Å². The molecule has 0 heterocycles. The molecule has 1 aliphatic rings. The van der Waals surface area contributed by atoms with Gasteiger partial charge in [0, 0.05) is 24.6 Å². The van der Waals surface area contributed by atoms with Crippen molar-refractivity contribution < 1.29 is 27.8 Å². The van der Waals surface area contributed by atoms with Crippen molar-refractivity contribution in [1.29, 1.82) is 0 Å². The average Bonchev–Trinajstić information content (AvgIpc) is 2.92. The molecule has 2 rings (SSSR count). The Morgan fingerprint density at radius 1 is 1.33 bits per heavy atom. The van der Waals surface area contributed by atoms with Crippen molar-refractivity contribution in [3.63, 3.8) is 0 Å². The number of aliphatic hydroxyl groups is 1. The summed E-state index contributed by atoms with van der Waals surface area (Å²) in [5, 5.41) is 13.0. The minimum absolute atomic E-state index is 0.0691. The summed E-state index contributed by atoms with van der Waals surface area (Å²) in [4.78, 5) is 0. The minimum Gasteiger partial charge on any atom is -0.493 e. The number of benzene rings is 1. The van der Waals surface area contributed by atoms with Crippen LogP contribution in [0.4, 0.5) is 13.2 Å². The summed E-state index contributed by atoms with van der Waals surface area (Å²) in [5.74, 6) is 0.342. The van der Waals surface area contributed by atoms with Crippen LogP contribution in [0.15, 0.2) is 18.2 Å². The highest BCUT2D eigenvalue weighted by Gasteiger charge is 2.37. The second-order valence-electron chi connectivity index (χ2n) is 6.53. The van der Waals surface area contributed by atoms with E-state index < -0.39 is 12.8 Å². The maximum atomic E-state index is 12.3. The van der Waals surface area contributed by atoms with E-state index in [-0.39, 0.29) is 29.6 Å². The smallest absolute Gasteiger partial charge is 0.422 e. The van der Waals surface area contributed by atoms with Crippen LogP contribution < -0.4 is 14.8 Å². The van der Waals surface area contributed by atoms with Gasteiger partial charge in [0.1, 0.15) is 0 Å². The van der Waals surface area contributed by atoms with Crippen molar-refractivity contribution in [2.75, 3.05) is 20.3 Å². The van der Waals surface area contributed by atoms with Crippen molar-refractivity contribution in [2.45, 2.75) is 44.9 Å². The Hall–Kier alpha value is -1.47. The lowest BCUT2D eigenvalue weighted by molar-refractivity contribution is -0.153. The highest BCUT2D eigenvalue weighted by atomic mass is 19.4. The molecule has 2 atom stereocenters. The molecule has 7 heteroatoms. The van der Waals surface area contributed by atoms with Gasteiger partial charge in [-0.3, -0.25) is 0 Å². The second-order valence-corrected chi connectivity index (χ2v) is 6.53. The third kappa shape index (κ3) is 4.77. The maximum Gasteiger partial charge on any atom is 0.422 e. The lowest BCUT2D eigenvalue weighted by Crippen LogP contribution is -2.41. The first-order valence-electron chi connectivity index (χ1n) is 7.98. The molecule has 1 saturated carbocycles. The molecule has 136 valence electrons. The molecule has 0 saturated heterocycles. The van der Waals surface area contributed by atoms with Gasteiger partial charge in [-0.2, -0.15) is 13.2 Å². The number of methoxy groups -OCH3 is 1. The van der Waals surface area contributed by atoms with E-state index >= 15 is 0 Å². The summed E-state index contributed by atoms with van der Waals surface area (Å²) in [6, 6.07) is 5.09. The molecule has 0 amide bonds. The molecule has 2 N–H and O–H groups in total. The zero-order valence-electron chi connectivity index (χ0n) is 13.9. The summed E-state index contributed by atoms with van der Waals surface area (Å²) in [6.45, 7) is 1.40. The van der Waals surface area contributed by atoms with Gasteiger partial charge in [0.2, 0.25) is 0 Å². The Morgan fingerprint density at radius 2 is 2.08 bits per heavy atom. The molecule has 2 unspecified atom stereocenters. The Kier molecular flexibility index (Phi) is 5.98. The van der Waals surface area contributed by atoms with Gasteiger partial charge < -0.3 is 19.9 Å². The number of hydrogen-bond donors (Lipinski definition) is 2. The summed E-state index contributed by atoms with van der Waals surface area (Å²) in [5.41, 5.74) is 0.762. The summed E-state index contributed by atoms with van der Waals surface area (Å²) in [6.07, 6.45) is -1.33. The number of nitrogens with one attached hydrogen (secondary N) is 1. The lowest BCUT2D eigenvalue weighted by atomic mass is 9.86. The van der Waals surface area contributed by atoms with Crippen LogP contribution in [0.5, 0.6) is 11.5 Å². The fourth-order valence-corrected chi connectivity index (χ4v) is 3.11. The monoisotopic (exact) mass is 347 g/mol. The second kappa shape index (κ2) is 7.61. The van der Waals surface area contributed by atoms with E-state index in [4.69, 9.17) is 9.47 Å². The average molecular weight is 347 g/mol. The predicted molar refractivity (Wildman–Crippen MR) is 84.2 cm³/mol. The largest absolute Gasteiger partial charge is 0.493 e. The SMILES string of the molecule is COc1cc(CNC2CCCC2(C)CO)ccc1OCC(F)(F)F. The molecular formula is C17H24F3NO3. The first-order valence-corrected chi connectivity index (χ1v) is 7.98. The van der Waals surface area contributed by atoms with Gasteiger partial charge in [0.15, 0.2) is 18.1 Å². The molecule has 0 bridgehead atoms. The van der Waals surface area contributed by atoms with Crippen molar-refractivity contribution in [3.05, 3.63) is 23.8 Å². The van der Waals surface area contributed by atoms with Gasteiger partial charge in [-0.1, -0.05) is 19.4 Å². The Morgan fingerprint density at radius 3 is 2.71 bits per heavy atom. The molecular weight excluding hydrogens is 323 g/mol. The van der Waals surface area contributed by atoms with E-state index in [9.17, 15) is 18.3 Å². The Bertz CT molecular complexity index is 550. The van der Waals surface area contributed by atoms with E-state index in [0.29, 0.717) is 6.54 Å². The topological polar surface area (TPSA) is 50.7 Å². The van der Waals surface area contributed by atoms with Crippen molar-refractivity contribution >= 4 is 0 Å². The Labute approximate surface area is 140 Å². The van der Waals surface area contributed by atoms with E-state index in [1.807, 2.05) is 0 Å². The van der Waals surface area contributed by atoms with Gasteiger partial charge in [-0.25, -0.2) is 0 Å². The number of aliphatic hydroxyl groups excluding tert-OH is 1. The fraction of sp³-hybridized carbons (Fsp3) is 0.647. The Balaban J connectivity index is 1.99. The van der Waals surface area contributed by atoms with E-state index in [2.05, 4.69) is 12.2 Å². The maximum absolute atomic E-state index is 12.3. The van der Waals surface area contributed by atoms with E-state index in [1.165, 1.54) is 13.2 Å². The minimum atomic E-state index is -4.39. The molecule has 1 aromatic rings. The molecule has 1 fully saturated rings. The first kappa shape index (κ1) is 18.9. The van der Waals surface area contributed by atoms with Crippen molar-refractivity contribution in [1.82, 2.24) is 5.32 Å². The molecule has 4 nitrogen and oxygen atoms in total. The number of ether oxygens (including phenoxy) is 2. The first-order chi connectivity index (χ1) is 11.3. The van der Waals surface area contributed by atoms with Crippen LogP contribution in [0.2, 0.25) is 0 Å². The zero-order chi connectivity index (χ0) is 17.8. The highest BCUT2D eigenvalue weighted by molar-refractivity contribution is 5.43. The van der Waals surface area contributed by atoms with Crippen LogP contribution >= 0.6 is 0 Å². The standard InChI is InChI=1S/C17H24F3NO3/c1-16(10-22)7-3-4-15(16)21-9-12-5-6-13(14(8-12)23-2)24-11-17(18,19)20/h5-6,8,15,21-22H,3-4,7,9-11H2,1-2H3. The summed E-state index contributed by atoms with van der Waals surface area (Å²) in [7, 11) is 1.40. The van der Waals surface area contributed by atoms with Gasteiger partial charge in [0.05, 0.1) is 7.11 Å². The quantitative estimate of drug-likeness (QED) is 0.795. The van der Waals surface area contributed by atoms with E-state index in [0.717, 1.165) is 24.8 Å². The molecule has 0 aromatic heterocycles. The highest BCUT2D eigenvalue weighted by Crippen LogP contribution is 2.37. The molecule has 0 aliphatic heterocycles. The number of rotatable bonds is 7. The van der Waals surface area contributed by atoms with Crippen LogP contribution in [0.3, 0.4) is 0 Å². The van der Waals surface area contributed by atoms with Crippen molar-refractivity contribution in [2.24, 2.45) is 5.41 Å². The zero-order valence-corrected chi connectivity index (χ0v) is 13.9. The lowest BCUT2D eigenvalue weighted by Gasteiger charge is -2.30. The molecule has 24 heavy (non-hydrogen) atoms. The normalized spacial score (nSPS) is 24.2. The third-order valence-electron chi connectivity index (χ3n) is 4.62. The fourth-order valence-electron chi connectivity index (χ4n) is 3.11. The van der Waals surface area contributed by atoms with Gasteiger partial charge in [-0.05, 0) is 30.5 Å². The summed E-state index contributed by atoms with van der Waals surface area (Å²) >= 11 is 0. The molecule has 1 aliphatic carbocycles. The number of hydrogen-bond acceptors (Lipinski definition) is 4. The van der Waals surface area contributed by atoms with Crippen LogP contribution in [0.25, 0.3) is 0 Å². The third-order valence-corrected chi connectivity index (χ3v) is 4.62. The van der Waals surface area contributed by atoms with Gasteiger partial charge in [-0.15, -0.1) is 0 Å². The van der Waals surface area contributed by atoms with E-state index in [1.54, 1.807) is 12.1 Å².